The Morgan fingerprint density at radius 3 is 2.28 bits per heavy atom. The van der Waals surface area contributed by atoms with Crippen LogP contribution in [0.4, 0.5) is 5.69 Å². The van der Waals surface area contributed by atoms with Gasteiger partial charge in [-0.15, -0.1) is 0 Å². The second-order valence-corrected chi connectivity index (χ2v) is 8.79. The molecule has 8 heteroatoms. The molecule has 0 spiro atoms. The van der Waals surface area contributed by atoms with Gasteiger partial charge in [-0.25, -0.2) is 8.42 Å². The van der Waals surface area contributed by atoms with Crippen molar-refractivity contribution < 1.29 is 22.7 Å². The van der Waals surface area contributed by atoms with Gasteiger partial charge in [-0.1, -0.05) is 13.0 Å². The molecule has 1 N–H and O–H groups in total. The molecule has 2 aromatic rings. The van der Waals surface area contributed by atoms with Gasteiger partial charge in [-0.05, 0) is 54.8 Å². The van der Waals surface area contributed by atoms with Crippen LogP contribution in [0.3, 0.4) is 0 Å². The molecule has 158 valence electrons. The fourth-order valence-electron chi connectivity index (χ4n) is 3.06. The number of ether oxygens (including phenoxy) is 2. The maximum absolute atomic E-state index is 12.8. The first-order valence-corrected chi connectivity index (χ1v) is 11.0. The zero-order valence-electron chi connectivity index (χ0n) is 17.6. The Bertz CT molecular complexity index is 989. The third kappa shape index (κ3) is 5.20. The molecule has 7 nitrogen and oxygen atoms in total. The van der Waals surface area contributed by atoms with Gasteiger partial charge in [0.25, 0.3) is 5.91 Å². The Morgan fingerprint density at radius 1 is 1.10 bits per heavy atom. The highest BCUT2D eigenvalue weighted by Crippen LogP contribution is 2.31. The fraction of sp³-hybridized carbons (Fsp3) is 0.381. The largest absolute Gasteiger partial charge is 0.493 e. The number of anilines is 1. The summed E-state index contributed by atoms with van der Waals surface area (Å²) in [6.07, 6.45) is 1.83. The molecule has 2 rings (SSSR count). The normalized spacial score (nSPS) is 12.2. The first-order chi connectivity index (χ1) is 13.6. The summed E-state index contributed by atoms with van der Waals surface area (Å²) in [6.45, 7) is 3.76. The third-order valence-corrected chi connectivity index (χ3v) is 6.01. The van der Waals surface area contributed by atoms with Gasteiger partial charge in [0.2, 0.25) is 10.0 Å². The summed E-state index contributed by atoms with van der Waals surface area (Å²) in [7, 11) is 1.26. The van der Waals surface area contributed by atoms with Crippen molar-refractivity contribution >= 4 is 21.6 Å². The Labute approximate surface area is 172 Å². The number of hydrogen-bond donors (Lipinski definition) is 1. The molecule has 0 aromatic heterocycles. The summed E-state index contributed by atoms with van der Waals surface area (Å²) < 4.78 is 35.3. The number of nitrogens with one attached hydrogen (secondary N) is 1. The minimum absolute atomic E-state index is 0.207. The third-order valence-electron chi connectivity index (χ3n) is 4.82. The van der Waals surface area contributed by atoms with Gasteiger partial charge in [0.1, 0.15) is 0 Å². The predicted molar refractivity (Wildman–Crippen MR) is 114 cm³/mol. The van der Waals surface area contributed by atoms with E-state index < -0.39 is 10.0 Å². The van der Waals surface area contributed by atoms with Crippen molar-refractivity contribution in [1.29, 1.82) is 0 Å². The molecule has 0 saturated heterocycles. The van der Waals surface area contributed by atoms with Gasteiger partial charge in [0.05, 0.1) is 32.2 Å². The number of nitrogens with zero attached hydrogens (tertiary/aromatic N) is 1. The van der Waals surface area contributed by atoms with Crippen molar-refractivity contribution in [2.75, 3.05) is 31.8 Å². The summed E-state index contributed by atoms with van der Waals surface area (Å²) in [5.41, 5.74) is 2.61. The van der Waals surface area contributed by atoms with Gasteiger partial charge in [-0.2, -0.15) is 0 Å². The molecule has 0 aliphatic carbocycles. The van der Waals surface area contributed by atoms with Crippen molar-refractivity contribution in [3.05, 3.63) is 53.1 Å². The average Bonchev–Trinajstić information content (AvgIpc) is 2.69. The van der Waals surface area contributed by atoms with E-state index in [9.17, 15) is 13.2 Å². The SMILES string of the molecule is CCC(NC(=O)c1ccc(N(C)S(C)(=O)=O)c(C)c1)c1ccc(OC)c(OC)c1. The number of aryl methyl sites for hydroxylation is 1. The summed E-state index contributed by atoms with van der Waals surface area (Å²) in [6, 6.07) is 10.3. The van der Waals surface area contributed by atoms with Crippen molar-refractivity contribution in [3.8, 4) is 11.5 Å². The number of rotatable bonds is 8. The van der Waals surface area contributed by atoms with Crippen LogP contribution in [0.5, 0.6) is 11.5 Å². The lowest BCUT2D eigenvalue weighted by molar-refractivity contribution is 0.0935. The molecule has 1 unspecified atom stereocenters. The molecule has 1 amide bonds. The van der Waals surface area contributed by atoms with E-state index in [1.54, 1.807) is 39.3 Å². The summed E-state index contributed by atoms with van der Waals surface area (Å²) >= 11 is 0. The maximum atomic E-state index is 12.8. The number of sulfonamides is 1. The lowest BCUT2D eigenvalue weighted by atomic mass is 10.0. The van der Waals surface area contributed by atoms with E-state index in [1.165, 1.54) is 11.4 Å². The molecule has 0 saturated carbocycles. The Hall–Kier alpha value is -2.74. The highest BCUT2D eigenvalue weighted by molar-refractivity contribution is 7.92. The van der Waals surface area contributed by atoms with E-state index in [4.69, 9.17) is 9.47 Å². The molecule has 0 heterocycles. The first-order valence-electron chi connectivity index (χ1n) is 9.19. The van der Waals surface area contributed by atoms with Crippen molar-refractivity contribution in [2.24, 2.45) is 0 Å². The van der Waals surface area contributed by atoms with Crippen LogP contribution < -0.4 is 19.1 Å². The number of amides is 1. The number of benzene rings is 2. The Morgan fingerprint density at radius 2 is 1.76 bits per heavy atom. The van der Waals surface area contributed by atoms with Crippen molar-refractivity contribution in [1.82, 2.24) is 5.32 Å². The molecule has 0 aliphatic rings. The Balaban J connectivity index is 2.25. The first kappa shape index (κ1) is 22.5. The van der Waals surface area contributed by atoms with Crippen LogP contribution in [-0.2, 0) is 10.0 Å². The second-order valence-electron chi connectivity index (χ2n) is 6.78. The standard InChI is InChI=1S/C21H28N2O5S/c1-7-17(15-9-11-19(27-4)20(13-15)28-5)22-21(24)16-8-10-18(14(2)12-16)23(3)29(6,25)26/h8-13,17H,7H2,1-6H3,(H,22,24). The van der Waals surface area contributed by atoms with Gasteiger partial charge < -0.3 is 14.8 Å². The van der Waals surface area contributed by atoms with E-state index in [0.29, 0.717) is 34.7 Å². The van der Waals surface area contributed by atoms with E-state index in [2.05, 4.69) is 5.32 Å². The van der Waals surface area contributed by atoms with E-state index >= 15 is 0 Å². The zero-order valence-corrected chi connectivity index (χ0v) is 18.5. The van der Waals surface area contributed by atoms with Gasteiger partial charge in [0, 0.05) is 12.6 Å². The van der Waals surface area contributed by atoms with E-state index in [0.717, 1.165) is 11.8 Å². The molecule has 29 heavy (non-hydrogen) atoms. The van der Waals surface area contributed by atoms with E-state index in [1.807, 2.05) is 25.1 Å². The monoisotopic (exact) mass is 420 g/mol. The summed E-state index contributed by atoms with van der Waals surface area (Å²) in [4.78, 5) is 12.8. The molecule has 0 fully saturated rings. The van der Waals surface area contributed by atoms with Crippen LogP contribution >= 0.6 is 0 Å². The predicted octanol–water partition coefficient (Wildman–Crippen LogP) is 3.29. The molecule has 0 bridgehead atoms. The number of hydrogen-bond acceptors (Lipinski definition) is 5. The lowest BCUT2D eigenvalue weighted by Crippen LogP contribution is -2.29. The lowest BCUT2D eigenvalue weighted by Gasteiger charge is -2.21. The van der Waals surface area contributed by atoms with Gasteiger partial charge >= 0.3 is 0 Å². The topological polar surface area (TPSA) is 84.9 Å². The second kappa shape index (κ2) is 9.17. The van der Waals surface area contributed by atoms with Crippen LogP contribution in [-0.4, -0.2) is 41.8 Å². The number of carbonyl (C=O) groups is 1. The smallest absolute Gasteiger partial charge is 0.251 e. The van der Waals surface area contributed by atoms with Crippen LogP contribution in [0.2, 0.25) is 0 Å². The van der Waals surface area contributed by atoms with Crippen LogP contribution in [0.1, 0.15) is 40.9 Å². The molecule has 0 radical (unpaired) electrons. The minimum Gasteiger partial charge on any atom is -0.493 e. The number of methoxy groups -OCH3 is 2. The molecular weight excluding hydrogens is 392 g/mol. The zero-order chi connectivity index (χ0) is 21.8. The van der Waals surface area contributed by atoms with Gasteiger partial charge in [-0.3, -0.25) is 9.10 Å². The van der Waals surface area contributed by atoms with Crippen molar-refractivity contribution in [2.45, 2.75) is 26.3 Å². The van der Waals surface area contributed by atoms with Crippen molar-refractivity contribution in [3.63, 3.8) is 0 Å². The summed E-state index contributed by atoms with van der Waals surface area (Å²) in [5.74, 6) is 0.989. The molecule has 1 atom stereocenters. The highest BCUT2D eigenvalue weighted by Gasteiger charge is 2.19. The quantitative estimate of drug-likeness (QED) is 0.708. The Kier molecular flexibility index (Phi) is 7.13. The maximum Gasteiger partial charge on any atom is 0.251 e. The average molecular weight is 421 g/mol. The summed E-state index contributed by atoms with van der Waals surface area (Å²) in [5, 5.41) is 3.03. The van der Waals surface area contributed by atoms with E-state index in [-0.39, 0.29) is 11.9 Å². The molecular formula is C21H28N2O5S. The fourth-order valence-corrected chi connectivity index (χ4v) is 3.62. The highest BCUT2D eigenvalue weighted by atomic mass is 32.2. The minimum atomic E-state index is -3.37. The number of carbonyl (C=O) groups excluding carboxylic acids is 1. The van der Waals surface area contributed by atoms with Crippen LogP contribution in [0.25, 0.3) is 0 Å². The van der Waals surface area contributed by atoms with Crippen LogP contribution in [0.15, 0.2) is 36.4 Å². The molecule has 0 aliphatic heterocycles. The van der Waals surface area contributed by atoms with Crippen LogP contribution in [0, 0.1) is 6.92 Å². The van der Waals surface area contributed by atoms with Gasteiger partial charge in [0.15, 0.2) is 11.5 Å². The molecule has 2 aromatic carbocycles.